The molecule has 0 spiro atoms. The maximum atomic E-state index is 11.1. The van der Waals surface area contributed by atoms with E-state index in [-0.39, 0.29) is 0 Å². The fourth-order valence-electron chi connectivity index (χ4n) is 1.57. The molecule has 1 aromatic heterocycles. The summed E-state index contributed by atoms with van der Waals surface area (Å²) in [6, 6.07) is 0. The number of hydrogen-bond donors (Lipinski definition) is 1. The summed E-state index contributed by atoms with van der Waals surface area (Å²) in [5.41, 5.74) is -0.794. The highest BCUT2D eigenvalue weighted by molar-refractivity contribution is 5.74. The fraction of sp³-hybridized carbons (Fsp3) is 0.778. The van der Waals surface area contributed by atoms with Crippen molar-refractivity contribution in [2.45, 2.75) is 33.1 Å². The highest BCUT2D eigenvalue weighted by atomic mass is 16.4. The van der Waals surface area contributed by atoms with Crippen LogP contribution in [0.2, 0.25) is 0 Å². The molecule has 84 valence electrons. The van der Waals surface area contributed by atoms with Gasteiger partial charge in [-0.2, -0.15) is 4.80 Å². The molecule has 0 aliphatic rings. The van der Waals surface area contributed by atoms with Crippen LogP contribution in [0.15, 0.2) is 0 Å². The Morgan fingerprint density at radius 1 is 1.60 bits per heavy atom. The van der Waals surface area contributed by atoms with Crippen molar-refractivity contribution >= 4 is 5.97 Å². The predicted molar refractivity (Wildman–Crippen MR) is 53.2 cm³/mol. The lowest BCUT2D eigenvalue weighted by molar-refractivity contribution is -0.148. The number of aryl methyl sites for hydroxylation is 1. The van der Waals surface area contributed by atoms with Crippen LogP contribution in [0, 0.1) is 5.41 Å². The van der Waals surface area contributed by atoms with Crippen LogP contribution < -0.4 is 0 Å². The van der Waals surface area contributed by atoms with Crippen molar-refractivity contribution < 1.29 is 9.90 Å². The number of rotatable bonds is 5. The van der Waals surface area contributed by atoms with Crippen LogP contribution in [0.3, 0.4) is 0 Å². The maximum absolute atomic E-state index is 11.1. The van der Waals surface area contributed by atoms with Gasteiger partial charge in [0.1, 0.15) is 0 Å². The van der Waals surface area contributed by atoms with Crippen molar-refractivity contribution in [3.05, 3.63) is 5.82 Å². The van der Waals surface area contributed by atoms with E-state index in [2.05, 4.69) is 15.4 Å². The summed E-state index contributed by atoms with van der Waals surface area (Å²) in [5, 5.41) is 20.6. The third-order valence-corrected chi connectivity index (χ3v) is 2.42. The van der Waals surface area contributed by atoms with E-state index in [1.54, 1.807) is 14.0 Å². The molecule has 0 aliphatic heterocycles. The molecule has 6 nitrogen and oxygen atoms in total. The Hall–Kier alpha value is -1.46. The lowest BCUT2D eigenvalue weighted by Crippen LogP contribution is -2.30. The van der Waals surface area contributed by atoms with Gasteiger partial charge in [-0.25, -0.2) is 0 Å². The number of aliphatic carboxylic acids is 1. The molecule has 1 atom stereocenters. The average Bonchev–Trinajstić information content (AvgIpc) is 2.51. The fourth-order valence-corrected chi connectivity index (χ4v) is 1.57. The summed E-state index contributed by atoms with van der Waals surface area (Å²) >= 11 is 0. The highest BCUT2D eigenvalue weighted by Gasteiger charge is 2.33. The molecule has 1 N–H and O–H groups in total. The minimum atomic E-state index is -0.809. The first-order valence-electron chi connectivity index (χ1n) is 4.94. The van der Waals surface area contributed by atoms with Gasteiger partial charge in [0.15, 0.2) is 5.82 Å². The second-order valence-electron chi connectivity index (χ2n) is 3.99. The number of carbonyl (C=O) groups is 1. The summed E-state index contributed by atoms with van der Waals surface area (Å²) in [5.74, 6) is -0.326. The number of aromatic nitrogens is 4. The molecule has 0 aliphatic carbocycles. The summed E-state index contributed by atoms with van der Waals surface area (Å²) in [6.07, 6.45) is 1.76. The molecule has 1 unspecified atom stereocenters. The molecular weight excluding hydrogens is 196 g/mol. The molecule has 15 heavy (non-hydrogen) atoms. The van der Waals surface area contributed by atoms with Crippen molar-refractivity contribution in [3.8, 4) is 0 Å². The SMILES string of the molecule is CCCC(C)(Cc1nnn(C)n1)C(=O)O. The third kappa shape index (κ3) is 2.74. The summed E-state index contributed by atoms with van der Waals surface area (Å²) < 4.78 is 0. The Bertz CT molecular complexity index is 350. The van der Waals surface area contributed by atoms with Gasteiger partial charge in [-0.15, -0.1) is 10.2 Å². The maximum Gasteiger partial charge on any atom is 0.309 e. The van der Waals surface area contributed by atoms with Gasteiger partial charge < -0.3 is 5.11 Å². The number of hydrogen-bond acceptors (Lipinski definition) is 4. The molecule has 0 saturated heterocycles. The van der Waals surface area contributed by atoms with E-state index in [0.717, 1.165) is 6.42 Å². The molecule has 0 saturated carbocycles. The number of nitrogens with zero attached hydrogens (tertiary/aromatic N) is 4. The number of carboxylic acid groups (broad SMARTS) is 1. The molecule has 6 heteroatoms. The summed E-state index contributed by atoms with van der Waals surface area (Å²) in [7, 11) is 1.66. The quantitative estimate of drug-likeness (QED) is 0.774. The molecule has 1 rings (SSSR count). The summed E-state index contributed by atoms with van der Waals surface area (Å²) in [6.45, 7) is 3.68. The first-order valence-corrected chi connectivity index (χ1v) is 4.94. The number of carboxylic acids is 1. The molecule has 0 bridgehead atoms. The lowest BCUT2D eigenvalue weighted by atomic mass is 9.82. The molecule has 0 radical (unpaired) electrons. The normalized spacial score (nSPS) is 14.9. The van der Waals surface area contributed by atoms with E-state index >= 15 is 0 Å². The molecule has 0 aromatic carbocycles. The largest absolute Gasteiger partial charge is 0.481 e. The third-order valence-electron chi connectivity index (χ3n) is 2.42. The van der Waals surface area contributed by atoms with Crippen LogP contribution in [0.4, 0.5) is 0 Å². The van der Waals surface area contributed by atoms with Crippen molar-refractivity contribution in [1.82, 2.24) is 20.2 Å². The van der Waals surface area contributed by atoms with Crippen molar-refractivity contribution in [1.29, 1.82) is 0 Å². The van der Waals surface area contributed by atoms with Crippen molar-refractivity contribution in [2.75, 3.05) is 0 Å². The molecule has 0 fully saturated rings. The topological polar surface area (TPSA) is 80.9 Å². The average molecular weight is 212 g/mol. The van der Waals surface area contributed by atoms with Crippen LogP contribution in [0.25, 0.3) is 0 Å². The van der Waals surface area contributed by atoms with Gasteiger partial charge >= 0.3 is 5.97 Å². The number of tetrazole rings is 1. The Kier molecular flexibility index (Phi) is 3.39. The zero-order valence-electron chi connectivity index (χ0n) is 9.27. The van der Waals surface area contributed by atoms with Gasteiger partial charge in [-0.05, 0) is 18.6 Å². The minimum absolute atomic E-state index is 0.323. The minimum Gasteiger partial charge on any atom is -0.481 e. The van der Waals surface area contributed by atoms with Gasteiger partial charge in [-0.1, -0.05) is 13.3 Å². The molecular formula is C9H16N4O2. The first kappa shape index (κ1) is 11.6. The second-order valence-corrected chi connectivity index (χ2v) is 3.99. The van der Waals surface area contributed by atoms with E-state index in [4.69, 9.17) is 5.11 Å². The van der Waals surface area contributed by atoms with Crippen LogP contribution in [-0.2, 0) is 18.3 Å². The summed E-state index contributed by atoms with van der Waals surface area (Å²) in [4.78, 5) is 12.5. The van der Waals surface area contributed by atoms with Gasteiger partial charge in [-0.3, -0.25) is 4.79 Å². The zero-order valence-corrected chi connectivity index (χ0v) is 9.27. The van der Waals surface area contributed by atoms with Crippen molar-refractivity contribution in [3.63, 3.8) is 0 Å². The van der Waals surface area contributed by atoms with Gasteiger partial charge in [0.25, 0.3) is 0 Å². The first-order chi connectivity index (χ1) is 6.98. The molecule has 1 heterocycles. The highest BCUT2D eigenvalue weighted by Crippen LogP contribution is 2.27. The van der Waals surface area contributed by atoms with Gasteiger partial charge in [0.2, 0.25) is 0 Å². The van der Waals surface area contributed by atoms with E-state index in [1.807, 2.05) is 6.92 Å². The lowest BCUT2D eigenvalue weighted by Gasteiger charge is -2.22. The smallest absolute Gasteiger partial charge is 0.309 e. The van der Waals surface area contributed by atoms with Gasteiger partial charge in [0, 0.05) is 6.42 Å². The standard InChI is InChI=1S/C9H16N4O2/c1-4-5-9(2,8(14)15)6-7-10-12-13(3)11-7/h4-6H2,1-3H3,(H,14,15). The van der Waals surface area contributed by atoms with Crippen molar-refractivity contribution in [2.24, 2.45) is 12.5 Å². The van der Waals surface area contributed by atoms with Gasteiger partial charge in [0.05, 0.1) is 12.5 Å². The Balaban J connectivity index is 2.79. The Morgan fingerprint density at radius 2 is 2.27 bits per heavy atom. The predicted octanol–water partition coefficient (Wildman–Crippen LogP) is 0.644. The van der Waals surface area contributed by atoms with Crippen LogP contribution in [-0.4, -0.2) is 31.3 Å². The zero-order chi connectivity index (χ0) is 11.5. The monoisotopic (exact) mass is 212 g/mol. The van der Waals surface area contributed by atoms with E-state index in [9.17, 15) is 4.79 Å². The van der Waals surface area contributed by atoms with Crippen LogP contribution in [0.1, 0.15) is 32.5 Å². The Labute approximate surface area is 88.3 Å². The van der Waals surface area contributed by atoms with E-state index in [0.29, 0.717) is 18.7 Å². The van der Waals surface area contributed by atoms with Crippen LogP contribution >= 0.6 is 0 Å². The molecule has 1 aromatic rings. The molecule has 0 amide bonds. The second kappa shape index (κ2) is 4.37. The van der Waals surface area contributed by atoms with Crippen LogP contribution in [0.5, 0.6) is 0 Å². The van der Waals surface area contributed by atoms with E-state index < -0.39 is 11.4 Å². The van der Waals surface area contributed by atoms with E-state index in [1.165, 1.54) is 4.80 Å². The Morgan fingerprint density at radius 3 is 2.67 bits per heavy atom.